The maximum absolute atomic E-state index is 13.6. The lowest BCUT2D eigenvalue weighted by atomic mass is 9.89. The van der Waals surface area contributed by atoms with Gasteiger partial charge in [-0.25, -0.2) is 4.39 Å². The molecule has 3 fully saturated rings. The lowest BCUT2D eigenvalue weighted by Crippen LogP contribution is -2.62. The molecule has 6 heteroatoms. The van der Waals surface area contributed by atoms with Gasteiger partial charge in [0.25, 0.3) is 5.91 Å². The molecule has 5 nitrogen and oxygen atoms in total. The molecule has 140 valence electrons. The molecule has 4 rings (SSSR count). The van der Waals surface area contributed by atoms with Gasteiger partial charge in [0.1, 0.15) is 18.0 Å². The van der Waals surface area contributed by atoms with Crippen molar-refractivity contribution in [1.29, 1.82) is 0 Å². The molecule has 2 saturated heterocycles. The van der Waals surface area contributed by atoms with Gasteiger partial charge in [0.15, 0.2) is 0 Å². The van der Waals surface area contributed by atoms with E-state index in [4.69, 9.17) is 4.74 Å². The minimum absolute atomic E-state index is 0.0258. The predicted octanol–water partition coefficient (Wildman–Crippen LogP) is 2.74. The van der Waals surface area contributed by atoms with Gasteiger partial charge >= 0.3 is 0 Å². The summed E-state index contributed by atoms with van der Waals surface area (Å²) in [5.74, 6) is -0.146. The van der Waals surface area contributed by atoms with Gasteiger partial charge in [-0.15, -0.1) is 0 Å². The van der Waals surface area contributed by atoms with Gasteiger partial charge in [0.05, 0.1) is 13.1 Å². The highest BCUT2D eigenvalue weighted by atomic mass is 19.1. The number of halogens is 1. The second-order valence-corrected chi connectivity index (χ2v) is 7.78. The fourth-order valence-corrected chi connectivity index (χ4v) is 4.56. The lowest BCUT2D eigenvalue weighted by Gasteiger charge is -2.48. The number of benzene rings is 1. The molecular weight excluding hydrogens is 335 g/mol. The Hall–Kier alpha value is -1.95. The molecular formula is C20H25FN2O3. The van der Waals surface area contributed by atoms with Crippen LogP contribution in [0, 0.1) is 11.7 Å². The number of piperidine rings is 1. The summed E-state index contributed by atoms with van der Waals surface area (Å²) in [7, 11) is 0. The molecule has 0 aromatic heterocycles. The Morgan fingerprint density at radius 2 is 2.00 bits per heavy atom. The number of amides is 2. The van der Waals surface area contributed by atoms with Crippen LogP contribution in [0.2, 0.25) is 0 Å². The van der Waals surface area contributed by atoms with Gasteiger partial charge in [0.2, 0.25) is 5.91 Å². The molecule has 2 heterocycles. The van der Waals surface area contributed by atoms with Crippen molar-refractivity contribution >= 4 is 17.5 Å². The van der Waals surface area contributed by atoms with E-state index in [1.165, 1.54) is 12.1 Å². The maximum Gasteiger partial charge on any atom is 0.253 e. The number of hydrogen-bond donors (Lipinski definition) is 0. The number of hydrogen-bond acceptors (Lipinski definition) is 3. The van der Waals surface area contributed by atoms with Crippen molar-refractivity contribution in [1.82, 2.24) is 4.90 Å². The number of carbonyl (C=O) groups excluding carboxylic acids is 2. The molecule has 2 amide bonds. The van der Waals surface area contributed by atoms with Crippen molar-refractivity contribution < 1.29 is 18.7 Å². The van der Waals surface area contributed by atoms with E-state index in [1.54, 1.807) is 17.0 Å². The van der Waals surface area contributed by atoms with Gasteiger partial charge < -0.3 is 14.5 Å². The third-order valence-corrected chi connectivity index (χ3v) is 5.92. The molecule has 1 atom stereocenters. The molecule has 1 aliphatic carbocycles. The standard InChI is InChI=1S/C20H25FN2O3/c21-16-7-3-8-17(11-16)23-14-20(26-12-18(23)24)9-4-10-22(13-20)19(25)15-5-1-2-6-15/h3,7-8,11,15H,1-2,4-6,9-10,12-14H2. The lowest BCUT2D eigenvalue weighted by molar-refractivity contribution is -0.155. The molecule has 3 aliphatic rings. The van der Waals surface area contributed by atoms with E-state index in [0.29, 0.717) is 18.8 Å². The Morgan fingerprint density at radius 1 is 1.19 bits per heavy atom. The molecule has 1 saturated carbocycles. The van der Waals surface area contributed by atoms with E-state index >= 15 is 0 Å². The van der Waals surface area contributed by atoms with E-state index in [2.05, 4.69) is 0 Å². The van der Waals surface area contributed by atoms with Crippen LogP contribution < -0.4 is 4.90 Å². The van der Waals surface area contributed by atoms with Gasteiger partial charge in [-0.3, -0.25) is 9.59 Å². The van der Waals surface area contributed by atoms with Gasteiger partial charge in [-0.1, -0.05) is 18.9 Å². The van der Waals surface area contributed by atoms with E-state index in [1.807, 2.05) is 4.90 Å². The van der Waals surface area contributed by atoms with Crippen LogP contribution in [0.4, 0.5) is 10.1 Å². The Bertz CT molecular complexity index is 704. The first-order chi connectivity index (χ1) is 12.6. The second-order valence-electron chi connectivity index (χ2n) is 7.78. The summed E-state index contributed by atoms with van der Waals surface area (Å²) < 4.78 is 19.6. The van der Waals surface area contributed by atoms with E-state index in [0.717, 1.165) is 45.1 Å². The van der Waals surface area contributed by atoms with Gasteiger partial charge in [-0.2, -0.15) is 0 Å². The minimum Gasteiger partial charge on any atom is -0.361 e. The number of anilines is 1. The Kier molecular flexibility index (Phi) is 4.69. The topological polar surface area (TPSA) is 49.9 Å². The number of carbonyl (C=O) groups is 2. The van der Waals surface area contributed by atoms with Crippen LogP contribution in [0.15, 0.2) is 24.3 Å². The fraction of sp³-hybridized carbons (Fsp3) is 0.600. The van der Waals surface area contributed by atoms with Crippen molar-refractivity contribution in [2.24, 2.45) is 5.92 Å². The van der Waals surface area contributed by atoms with Crippen LogP contribution in [0.25, 0.3) is 0 Å². The van der Waals surface area contributed by atoms with Crippen LogP contribution in [-0.2, 0) is 14.3 Å². The zero-order chi connectivity index (χ0) is 18.1. The third-order valence-electron chi connectivity index (χ3n) is 5.92. The summed E-state index contributed by atoms with van der Waals surface area (Å²) in [5.41, 5.74) is 0.00383. The summed E-state index contributed by atoms with van der Waals surface area (Å²) in [6.45, 7) is 1.61. The molecule has 0 bridgehead atoms. The zero-order valence-corrected chi connectivity index (χ0v) is 15.0. The van der Waals surface area contributed by atoms with Crippen LogP contribution in [-0.4, -0.2) is 48.6 Å². The Balaban J connectivity index is 1.51. The van der Waals surface area contributed by atoms with Gasteiger partial charge in [0, 0.05) is 18.2 Å². The summed E-state index contributed by atoms with van der Waals surface area (Å²) in [6.07, 6.45) is 5.90. The highest BCUT2D eigenvalue weighted by molar-refractivity contribution is 5.95. The molecule has 1 spiro atoms. The first kappa shape index (κ1) is 17.5. The van der Waals surface area contributed by atoms with Crippen LogP contribution in [0.5, 0.6) is 0 Å². The third kappa shape index (κ3) is 3.34. The maximum atomic E-state index is 13.6. The zero-order valence-electron chi connectivity index (χ0n) is 15.0. The van der Waals surface area contributed by atoms with Crippen LogP contribution >= 0.6 is 0 Å². The quantitative estimate of drug-likeness (QED) is 0.815. The average Bonchev–Trinajstić information content (AvgIpc) is 3.18. The molecule has 2 aliphatic heterocycles. The van der Waals surface area contributed by atoms with Crippen molar-refractivity contribution in [2.45, 2.75) is 44.1 Å². The highest BCUT2D eigenvalue weighted by Crippen LogP contribution is 2.34. The smallest absolute Gasteiger partial charge is 0.253 e. The first-order valence-corrected chi connectivity index (χ1v) is 9.55. The predicted molar refractivity (Wildman–Crippen MR) is 95.2 cm³/mol. The van der Waals surface area contributed by atoms with Gasteiger partial charge in [-0.05, 0) is 43.9 Å². The molecule has 1 unspecified atom stereocenters. The Morgan fingerprint density at radius 3 is 2.77 bits per heavy atom. The molecule has 0 radical (unpaired) electrons. The summed E-state index contributed by atoms with van der Waals surface area (Å²) >= 11 is 0. The number of likely N-dealkylation sites (tertiary alicyclic amines) is 1. The fourth-order valence-electron chi connectivity index (χ4n) is 4.56. The summed E-state index contributed by atoms with van der Waals surface area (Å²) in [5, 5.41) is 0. The molecule has 0 N–H and O–H groups in total. The van der Waals surface area contributed by atoms with E-state index in [9.17, 15) is 14.0 Å². The largest absolute Gasteiger partial charge is 0.361 e. The normalized spacial score (nSPS) is 27.3. The van der Waals surface area contributed by atoms with Crippen molar-refractivity contribution in [2.75, 3.05) is 31.1 Å². The number of ether oxygens (including phenoxy) is 1. The van der Waals surface area contributed by atoms with Crippen molar-refractivity contribution in [3.05, 3.63) is 30.1 Å². The summed E-state index contributed by atoms with van der Waals surface area (Å²) in [4.78, 5) is 28.7. The Labute approximate surface area is 153 Å². The molecule has 1 aromatic rings. The second kappa shape index (κ2) is 6.99. The average molecular weight is 360 g/mol. The van der Waals surface area contributed by atoms with Crippen LogP contribution in [0.3, 0.4) is 0 Å². The van der Waals surface area contributed by atoms with E-state index < -0.39 is 5.60 Å². The highest BCUT2D eigenvalue weighted by Gasteiger charge is 2.45. The van der Waals surface area contributed by atoms with E-state index in [-0.39, 0.29) is 30.2 Å². The number of morpholine rings is 1. The monoisotopic (exact) mass is 360 g/mol. The number of rotatable bonds is 2. The van der Waals surface area contributed by atoms with Crippen LogP contribution in [0.1, 0.15) is 38.5 Å². The molecule has 1 aromatic carbocycles. The summed E-state index contributed by atoms with van der Waals surface area (Å²) in [6, 6.07) is 6.09. The number of nitrogens with zero attached hydrogens (tertiary/aromatic N) is 2. The SMILES string of the molecule is O=C(C1CCCC1)N1CCCC2(C1)CN(c1cccc(F)c1)C(=O)CO2. The van der Waals surface area contributed by atoms with Crippen molar-refractivity contribution in [3.63, 3.8) is 0 Å². The minimum atomic E-state index is -0.549. The van der Waals surface area contributed by atoms with Crippen molar-refractivity contribution in [3.8, 4) is 0 Å². The first-order valence-electron chi connectivity index (χ1n) is 9.55. The molecule has 26 heavy (non-hydrogen) atoms.